The van der Waals surface area contributed by atoms with Crippen LogP contribution in [0.2, 0.25) is 0 Å². The van der Waals surface area contributed by atoms with E-state index in [1.54, 1.807) is 24.4 Å². The zero-order chi connectivity index (χ0) is 28.9. The average molecular weight is 565 g/mol. The third-order valence-electron chi connectivity index (χ3n) is 7.57. The first-order valence-electron chi connectivity index (χ1n) is 13.9. The largest absolute Gasteiger partial charge is 0.351 e. The van der Waals surface area contributed by atoms with Crippen LogP contribution in [0.5, 0.6) is 0 Å². The van der Waals surface area contributed by atoms with Crippen LogP contribution < -0.4 is 16.2 Å². The van der Waals surface area contributed by atoms with Crippen LogP contribution in [-0.2, 0) is 27.9 Å². The van der Waals surface area contributed by atoms with E-state index in [2.05, 4.69) is 55.4 Å². The van der Waals surface area contributed by atoms with Gasteiger partial charge in [-0.2, -0.15) is 4.31 Å². The van der Waals surface area contributed by atoms with Crippen LogP contribution >= 0.6 is 0 Å². The van der Waals surface area contributed by atoms with Crippen LogP contribution in [0, 0.1) is 0 Å². The fourth-order valence-corrected chi connectivity index (χ4v) is 6.57. The molecule has 214 valence electrons. The second-order valence-electron chi connectivity index (χ2n) is 11.1. The van der Waals surface area contributed by atoms with E-state index in [9.17, 15) is 18.0 Å². The number of nitrogens with one attached hydrogen (secondary N) is 3. The van der Waals surface area contributed by atoms with E-state index in [1.165, 1.54) is 15.9 Å². The SMILES string of the molecule is CC(C)c1ccc(CNC(=O)[C@H]2C[C@H](NCc3ccc(=O)[nH]c3)CCN2S(=O)(=O)c2ccc(C(C)C)cc2)cc1. The number of hydrogen-bond acceptors (Lipinski definition) is 5. The van der Waals surface area contributed by atoms with Gasteiger partial charge in [0.05, 0.1) is 4.90 Å². The molecule has 1 saturated heterocycles. The van der Waals surface area contributed by atoms with Gasteiger partial charge in [-0.1, -0.05) is 70.2 Å². The molecule has 2 aromatic carbocycles. The van der Waals surface area contributed by atoms with Crippen LogP contribution in [-0.4, -0.2) is 42.2 Å². The van der Waals surface area contributed by atoms with E-state index >= 15 is 0 Å². The number of aromatic amines is 1. The number of hydrogen-bond donors (Lipinski definition) is 3. The average Bonchev–Trinajstić information content (AvgIpc) is 2.95. The first-order chi connectivity index (χ1) is 19.0. The Hall–Kier alpha value is -3.27. The summed E-state index contributed by atoms with van der Waals surface area (Å²) in [6.45, 7) is 9.43. The van der Waals surface area contributed by atoms with Crippen molar-refractivity contribution >= 4 is 15.9 Å². The van der Waals surface area contributed by atoms with E-state index in [0.717, 1.165) is 16.7 Å². The molecule has 8 nitrogen and oxygen atoms in total. The molecule has 1 aliphatic heterocycles. The van der Waals surface area contributed by atoms with E-state index < -0.39 is 16.1 Å². The number of piperidine rings is 1. The Morgan fingerprint density at radius 3 is 2.08 bits per heavy atom. The van der Waals surface area contributed by atoms with Gasteiger partial charge in [-0.15, -0.1) is 0 Å². The summed E-state index contributed by atoms with van der Waals surface area (Å²) in [6.07, 6.45) is 2.56. The normalized spacial score (nSPS) is 18.2. The van der Waals surface area contributed by atoms with Crippen LogP contribution in [0.15, 0.2) is 76.6 Å². The van der Waals surface area contributed by atoms with Crippen molar-refractivity contribution in [2.24, 2.45) is 0 Å². The smallest absolute Gasteiger partial charge is 0.247 e. The molecule has 2 atom stereocenters. The second kappa shape index (κ2) is 12.9. The summed E-state index contributed by atoms with van der Waals surface area (Å²) in [5, 5.41) is 6.42. The topological polar surface area (TPSA) is 111 Å². The number of rotatable bonds is 10. The third-order valence-corrected chi connectivity index (χ3v) is 9.49. The lowest BCUT2D eigenvalue weighted by atomic mass is 9.98. The fourth-order valence-electron chi connectivity index (χ4n) is 4.96. The highest BCUT2D eigenvalue weighted by Crippen LogP contribution is 2.27. The van der Waals surface area contributed by atoms with Crippen LogP contribution in [0.1, 0.15) is 74.6 Å². The Morgan fingerprint density at radius 1 is 0.900 bits per heavy atom. The maximum Gasteiger partial charge on any atom is 0.247 e. The molecule has 1 aromatic heterocycles. The van der Waals surface area contributed by atoms with E-state index in [1.807, 2.05) is 24.3 Å². The minimum absolute atomic E-state index is 0.0669. The van der Waals surface area contributed by atoms with Gasteiger partial charge in [0, 0.05) is 37.9 Å². The highest BCUT2D eigenvalue weighted by atomic mass is 32.2. The molecule has 3 aromatic rings. The first-order valence-corrected chi connectivity index (χ1v) is 15.4. The lowest BCUT2D eigenvalue weighted by Crippen LogP contribution is -2.56. The number of carbonyl (C=O) groups is 1. The van der Waals surface area contributed by atoms with Crippen molar-refractivity contribution in [2.45, 2.75) is 82.4 Å². The number of benzene rings is 2. The van der Waals surface area contributed by atoms with Gasteiger partial charge in [0.1, 0.15) is 6.04 Å². The van der Waals surface area contributed by atoms with Crippen LogP contribution in [0.3, 0.4) is 0 Å². The summed E-state index contributed by atoms with van der Waals surface area (Å²) in [7, 11) is -3.89. The molecular formula is C31H40N4O4S. The molecule has 3 N–H and O–H groups in total. The maximum absolute atomic E-state index is 13.8. The predicted molar refractivity (Wildman–Crippen MR) is 158 cm³/mol. The van der Waals surface area contributed by atoms with Gasteiger partial charge in [0.2, 0.25) is 21.5 Å². The van der Waals surface area contributed by atoms with Crippen molar-refractivity contribution in [2.75, 3.05) is 6.54 Å². The lowest BCUT2D eigenvalue weighted by molar-refractivity contribution is -0.126. The van der Waals surface area contributed by atoms with Crippen molar-refractivity contribution in [3.63, 3.8) is 0 Å². The van der Waals surface area contributed by atoms with Crippen molar-refractivity contribution in [1.29, 1.82) is 0 Å². The highest BCUT2D eigenvalue weighted by molar-refractivity contribution is 7.89. The van der Waals surface area contributed by atoms with E-state index in [0.29, 0.717) is 31.8 Å². The Labute approximate surface area is 237 Å². The van der Waals surface area contributed by atoms with Crippen molar-refractivity contribution < 1.29 is 13.2 Å². The quantitative estimate of drug-likeness (QED) is 0.341. The Bertz CT molecular complexity index is 1430. The number of sulfonamides is 1. The van der Waals surface area contributed by atoms with Gasteiger partial charge < -0.3 is 15.6 Å². The molecule has 9 heteroatoms. The predicted octanol–water partition coefficient (Wildman–Crippen LogP) is 4.25. The van der Waals surface area contributed by atoms with E-state index in [-0.39, 0.29) is 34.9 Å². The van der Waals surface area contributed by atoms with Gasteiger partial charge in [0.15, 0.2) is 0 Å². The zero-order valence-electron chi connectivity index (χ0n) is 23.7. The molecule has 1 amide bonds. The Morgan fingerprint density at radius 2 is 1.50 bits per heavy atom. The van der Waals surface area contributed by atoms with Crippen molar-refractivity contribution in [3.8, 4) is 0 Å². The van der Waals surface area contributed by atoms with Gasteiger partial charge >= 0.3 is 0 Å². The molecule has 1 fully saturated rings. The number of H-pyrrole nitrogens is 1. The van der Waals surface area contributed by atoms with Gasteiger partial charge in [-0.3, -0.25) is 9.59 Å². The minimum atomic E-state index is -3.89. The van der Waals surface area contributed by atoms with Gasteiger partial charge in [-0.25, -0.2) is 8.42 Å². The summed E-state index contributed by atoms with van der Waals surface area (Å²) in [6, 6.07) is 17.4. The monoisotopic (exact) mass is 564 g/mol. The number of carbonyl (C=O) groups excluding carboxylic acids is 1. The Kier molecular flexibility index (Phi) is 9.60. The zero-order valence-corrected chi connectivity index (χ0v) is 24.5. The minimum Gasteiger partial charge on any atom is -0.351 e. The summed E-state index contributed by atoms with van der Waals surface area (Å²) in [4.78, 5) is 27.8. The summed E-state index contributed by atoms with van der Waals surface area (Å²) in [5.41, 5.74) is 3.98. The summed E-state index contributed by atoms with van der Waals surface area (Å²) >= 11 is 0. The standard InChI is InChI=1S/C31H40N4O4S/c1-21(2)25-8-5-23(6-9-25)18-34-31(37)29-17-27(32-19-24-7-14-30(36)33-20-24)15-16-35(29)40(38,39)28-12-10-26(11-13-28)22(3)4/h5-14,20-22,27,29,32H,15-19H2,1-4H3,(H,33,36)(H,34,37)/t27-,29-/m1/s1. The molecule has 1 aliphatic rings. The third kappa shape index (κ3) is 7.27. The molecule has 2 heterocycles. The molecule has 0 spiro atoms. The molecule has 0 saturated carbocycles. The number of pyridine rings is 1. The molecular weight excluding hydrogens is 524 g/mol. The number of aromatic nitrogens is 1. The van der Waals surface area contributed by atoms with Crippen LogP contribution in [0.25, 0.3) is 0 Å². The molecule has 0 bridgehead atoms. The molecule has 0 unspecified atom stereocenters. The highest BCUT2D eigenvalue weighted by Gasteiger charge is 2.40. The molecule has 0 radical (unpaired) electrons. The lowest BCUT2D eigenvalue weighted by Gasteiger charge is -2.38. The van der Waals surface area contributed by atoms with Crippen LogP contribution in [0.4, 0.5) is 0 Å². The van der Waals surface area contributed by atoms with Gasteiger partial charge in [-0.05, 0) is 59.1 Å². The summed E-state index contributed by atoms with van der Waals surface area (Å²) < 4.78 is 28.9. The molecule has 0 aliphatic carbocycles. The van der Waals surface area contributed by atoms with Crippen molar-refractivity contribution in [1.82, 2.24) is 19.9 Å². The Balaban J connectivity index is 1.51. The van der Waals surface area contributed by atoms with E-state index in [4.69, 9.17) is 0 Å². The van der Waals surface area contributed by atoms with Crippen molar-refractivity contribution in [3.05, 3.63) is 99.5 Å². The number of nitrogens with zero attached hydrogens (tertiary/aromatic N) is 1. The molecule has 4 rings (SSSR count). The second-order valence-corrected chi connectivity index (χ2v) is 13.0. The van der Waals surface area contributed by atoms with Gasteiger partial charge in [0.25, 0.3) is 0 Å². The number of amides is 1. The maximum atomic E-state index is 13.8. The fraction of sp³-hybridized carbons (Fsp3) is 0.419. The molecule has 40 heavy (non-hydrogen) atoms. The summed E-state index contributed by atoms with van der Waals surface area (Å²) in [5.74, 6) is 0.389. The first kappa shape index (κ1) is 29.7.